The highest BCUT2D eigenvalue weighted by Gasteiger charge is 2.25. The molecule has 0 aromatic heterocycles. The van der Waals surface area contributed by atoms with E-state index in [-0.39, 0.29) is 12.0 Å². The van der Waals surface area contributed by atoms with Crippen LogP contribution in [0.4, 0.5) is 0 Å². The first-order valence-electron chi connectivity index (χ1n) is 10.5. The summed E-state index contributed by atoms with van der Waals surface area (Å²) in [4.78, 5) is 14.0. The molecule has 1 aliphatic heterocycles. The fourth-order valence-corrected chi connectivity index (χ4v) is 3.96. The van der Waals surface area contributed by atoms with E-state index in [0.29, 0.717) is 19.1 Å². The number of carbonyl (C=O) groups excluding carboxylic acids is 1. The molecule has 0 spiro atoms. The van der Waals surface area contributed by atoms with E-state index in [0.717, 1.165) is 43.8 Å². The van der Waals surface area contributed by atoms with Crippen molar-refractivity contribution >= 4 is 5.97 Å². The van der Waals surface area contributed by atoms with Gasteiger partial charge in [-0.05, 0) is 44.5 Å². The summed E-state index contributed by atoms with van der Waals surface area (Å²) < 4.78 is 10.7. The SMILES string of the molecule is CCOC(=O)CCN1CCC(N[C@H](c2ccccc2)c2ccccc2OC)CC1. The van der Waals surface area contributed by atoms with E-state index in [1.54, 1.807) is 7.11 Å². The smallest absolute Gasteiger partial charge is 0.307 e. The number of piperidine rings is 1. The molecule has 3 rings (SSSR count). The van der Waals surface area contributed by atoms with E-state index in [1.807, 2.05) is 25.1 Å². The molecular formula is C24H32N2O3. The Bertz CT molecular complexity index is 758. The average molecular weight is 397 g/mol. The third-order valence-electron chi connectivity index (χ3n) is 5.51. The monoisotopic (exact) mass is 396 g/mol. The van der Waals surface area contributed by atoms with Crippen LogP contribution in [0.15, 0.2) is 54.6 Å². The van der Waals surface area contributed by atoms with Crippen molar-refractivity contribution in [3.8, 4) is 5.75 Å². The molecule has 0 bridgehead atoms. The molecule has 0 aliphatic carbocycles. The van der Waals surface area contributed by atoms with E-state index in [9.17, 15) is 4.79 Å². The predicted molar refractivity (Wildman–Crippen MR) is 115 cm³/mol. The number of hydrogen-bond donors (Lipinski definition) is 1. The number of ether oxygens (including phenoxy) is 2. The maximum Gasteiger partial charge on any atom is 0.307 e. The first kappa shape index (κ1) is 21.3. The second-order valence-corrected chi connectivity index (χ2v) is 7.42. The van der Waals surface area contributed by atoms with E-state index in [2.05, 4.69) is 46.6 Å². The number of likely N-dealkylation sites (tertiary alicyclic amines) is 1. The van der Waals surface area contributed by atoms with Crippen LogP contribution in [0.25, 0.3) is 0 Å². The van der Waals surface area contributed by atoms with Gasteiger partial charge in [0.15, 0.2) is 0 Å². The first-order chi connectivity index (χ1) is 14.2. The van der Waals surface area contributed by atoms with Crippen molar-refractivity contribution in [1.82, 2.24) is 10.2 Å². The summed E-state index contributed by atoms with van der Waals surface area (Å²) in [7, 11) is 1.73. The zero-order valence-corrected chi connectivity index (χ0v) is 17.5. The molecule has 5 heteroatoms. The number of benzene rings is 2. The van der Waals surface area contributed by atoms with Crippen molar-refractivity contribution in [2.45, 2.75) is 38.3 Å². The number of hydrogen-bond acceptors (Lipinski definition) is 5. The molecular weight excluding hydrogens is 364 g/mol. The Balaban J connectivity index is 1.63. The van der Waals surface area contributed by atoms with Crippen LogP contribution in [-0.4, -0.2) is 50.3 Å². The molecule has 1 fully saturated rings. The maximum absolute atomic E-state index is 11.6. The summed E-state index contributed by atoms with van der Waals surface area (Å²) in [6.07, 6.45) is 2.59. The van der Waals surface area contributed by atoms with Gasteiger partial charge in [0, 0.05) is 18.2 Å². The Morgan fingerprint density at radius 2 is 1.79 bits per heavy atom. The van der Waals surface area contributed by atoms with Gasteiger partial charge in [-0.15, -0.1) is 0 Å². The molecule has 29 heavy (non-hydrogen) atoms. The molecule has 1 N–H and O–H groups in total. The number of carbonyl (C=O) groups is 1. The number of nitrogens with one attached hydrogen (secondary N) is 1. The number of esters is 1. The topological polar surface area (TPSA) is 50.8 Å². The van der Waals surface area contributed by atoms with Crippen LogP contribution >= 0.6 is 0 Å². The van der Waals surface area contributed by atoms with Crippen molar-refractivity contribution in [2.24, 2.45) is 0 Å². The van der Waals surface area contributed by atoms with Crippen LogP contribution in [-0.2, 0) is 9.53 Å². The van der Waals surface area contributed by atoms with Gasteiger partial charge >= 0.3 is 5.97 Å². The normalized spacial score (nSPS) is 16.3. The van der Waals surface area contributed by atoms with Crippen molar-refractivity contribution in [1.29, 1.82) is 0 Å². The first-order valence-corrected chi connectivity index (χ1v) is 10.5. The summed E-state index contributed by atoms with van der Waals surface area (Å²) in [5.41, 5.74) is 2.40. The van der Waals surface area contributed by atoms with Gasteiger partial charge in [-0.1, -0.05) is 48.5 Å². The molecule has 1 saturated heterocycles. The lowest BCUT2D eigenvalue weighted by Gasteiger charge is -2.35. The highest BCUT2D eigenvalue weighted by Crippen LogP contribution is 2.31. The van der Waals surface area contributed by atoms with Gasteiger partial charge in [0.2, 0.25) is 0 Å². The quantitative estimate of drug-likeness (QED) is 0.654. The lowest BCUT2D eigenvalue weighted by atomic mass is 9.95. The zero-order chi connectivity index (χ0) is 20.5. The third-order valence-corrected chi connectivity index (χ3v) is 5.51. The van der Waals surface area contributed by atoms with Crippen LogP contribution in [0.2, 0.25) is 0 Å². The fraction of sp³-hybridized carbons (Fsp3) is 0.458. The molecule has 1 heterocycles. The standard InChI is InChI=1S/C24H32N2O3/c1-3-29-23(27)15-18-26-16-13-20(14-17-26)25-24(19-9-5-4-6-10-19)21-11-7-8-12-22(21)28-2/h4-12,20,24-25H,3,13-18H2,1-2H3/t24-/m1/s1. The minimum atomic E-state index is -0.104. The van der Waals surface area contributed by atoms with Gasteiger partial charge in [0.1, 0.15) is 5.75 Å². The second-order valence-electron chi connectivity index (χ2n) is 7.42. The number of para-hydroxylation sites is 1. The molecule has 0 amide bonds. The maximum atomic E-state index is 11.6. The highest BCUT2D eigenvalue weighted by molar-refractivity contribution is 5.69. The van der Waals surface area contributed by atoms with E-state index >= 15 is 0 Å². The van der Waals surface area contributed by atoms with Crippen LogP contribution in [0.3, 0.4) is 0 Å². The van der Waals surface area contributed by atoms with Gasteiger partial charge in [0.05, 0.1) is 26.2 Å². The van der Waals surface area contributed by atoms with Gasteiger partial charge in [-0.2, -0.15) is 0 Å². The summed E-state index contributed by atoms with van der Waals surface area (Å²) >= 11 is 0. The minimum Gasteiger partial charge on any atom is -0.496 e. The Labute approximate surface area is 174 Å². The lowest BCUT2D eigenvalue weighted by molar-refractivity contribution is -0.143. The predicted octanol–water partition coefficient (Wildman–Crippen LogP) is 3.79. The van der Waals surface area contributed by atoms with Gasteiger partial charge in [-0.25, -0.2) is 0 Å². The fourth-order valence-electron chi connectivity index (χ4n) is 3.96. The molecule has 2 aromatic carbocycles. The van der Waals surface area contributed by atoms with E-state index < -0.39 is 0 Å². The summed E-state index contributed by atoms with van der Waals surface area (Å²) in [6, 6.07) is 19.3. The summed E-state index contributed by atoms with van der Waals surface area (Å²) in [6.45, 7) is 5.06. The molecule has 0 unspecified atom stereocenters. The largest absolute Gasteiger partial charge is 0.496 e. The van der Waals surface area contributed by atoms with E-state index in [1.165, 1.54) is 5.56 Å². The summed E-state index contributed by atoms with van der Waals surface area (Å²) in [5, 5.41) is 3.87. The third kappa shape index (κ3) is 6.05. The van der Waals surface area contributed by atoms with Crippen molar-refractivity contribution in [2.75, 3.05) is 33.4 Å². The Morgan fingerprint density at radius 3 is 2.48 bits per heavy atom. The van der Waals surface area contributed by atoms with Crippen molar-refractivity contribution < 1.29 is 14.3 Å². The van der Waals surface area contributed by atoms with Gasteiger partial charge < -0.3 is 19.7 Å². The molecule has 1 atom stereocenters. The Kier molecular flexibility index (Phi) is 8.08. The molecule has 5 nitrogen and oxygen atoms in total. The van der Waals surface area contributed by atoms with Crippen molar-refractivity contribution in [3.05, 3.63) is 65.7 Å². The molecule has 2 aromatic rings. The van der Waals surface area contributed by atoms with Gasteiger partial charge in [-0.3, -0.25) is 4.79 Å². The van der Waals surface area contributed by atoms with E-state index in [4.69, 9.17) is 9.47 Å². The van der Waals surface area contributed by atoms with Crippen LogP contribution in [0, 0.1) is 0 Å². The van der Waals surface area contributed by atoms with Crippen LogP contribution in [0.5, 0.6) is 5.75 Å². The van der Waals surface area contributed by atoms with Crippen molar-refractivity contribution in [3.63, 3.8) is 0 Å². The van der Waals surface area contributed by atoms with Crippen LogP contribution < -0.4 is 10.1 Å². The molecule has 0 radical (unpaired) electrons. The average Bonchev–Trinajstić information content (AvgIpc) is 2.77. The van der Waals surface area contributed by atoms with Crippen LogP contribution in [0.1, 0.15) is 43.4 Å². The summed E-state index contributed by atoms with van der Waals surface area (Å²) in [5.74, 6) is 0.800. The zero-order valence-electron chi connectivity index (χ0n) is 17.5. The molecule has 0 saturated carbocycles. The minimum absolute atomic E-state index is 0.0865. The Morgan fingerprint density at radius 1 is 1.10 bits per heavy atom. The molecule has 1 aliphatic rings. The lowest BCUT2D eigenvalue weighted by Crippen LogP contribution is -2.44. The molecule has 156 valence electrons. The number of methoxy groups -OCH3 is 1. The number of nitrogens with zero attached hydrogens (tertiary/aromatic N) is 1. The number of rotatable bonds is 9. The Hall–Kier alpha value is -2.37. The highest BCUT2D eigenvalue weighted by atomic mass is 16.5. The van der Waals surface area contributed by atoms with Gasteiger partial charge in [0.25, 0.3) is 0 Å². The second kappa shape index (κ2) is 11.0.